The van der Waals surface area contributed by atoms with E-state index >= 15 is 0 Å². The van der Waals surface area contributed by atoms with Crippen molar-refractivity contribution in [3.63, 3.8) is 0 Å². The molecule has 3 N–H and O–H groups in total. The maximum absolute atomic E-state index is 5.48. The monoisotopic (exact) mass is 276 g/mol. The van der Waals surface area contributed by atoms with Gasteiger partial charge in [-0.2, -0.15) is 0 Å². The molecular formula is C10H17BrN2O2. The first-order chi connectivity index (χ1) is 7.29. The van der Waals surface area contributed by atoms with Crippen LogP contribution in [0.1, 0.15) is 31.6 Å². The molecule has 4 nitrogen and oxygen atoms in total. The lowest BCUT2D eigenvalue weighted by Gasteiger charge is -2.13. The zero-order valence-corrected chi connectivity index (χ0v) is 10.4. The Hall–Kier alpha value is -0.360. The fraction of sp³-hybridized carbons (Fsp3) is 0.600. The van der Waals surface area contributed by atoms with Crippen LogP contribution in [-0.2, 0) is 4.74 Å². The molecule has 1 aromatic rings. The van der Waals surface area contributed by atoms with Gasteiger partial charge in [0.1, 0.15) is 5.76 Å². The van der Waals surface area contributed by atoms with E-state index in [1.165, 1.54) is 0 Å². The van der Waals surface area contributed by atoms with E-state index in [0.29, 0.717) is 0 Å². The second kappa shape index (κ2) is 7.00. The number of hydrogen-bond donors (Lipinski definition) is 2. The van der Waals surface area contributed by atoms with Gasteiger partial charge in [0, 0.05) is 13.2 Å². The van der Waals surface area contributed by atoms with Crippen LogP contribution in [-0.4, -0.2) is 13.2 Å². The zero-order chi connectivity index (χ0) is 11.1. The quantitative estimate of drug-likeness (QED) is 0.456. The molecule has 1 unspecified atom stereocenters. The number of halogens is 1. The number of hydrogen-bond acceptors (Lipinski definition) is 4. The summed E-state index contributed by atoms with van der Waals surface area (Å²) in [4.78, 5) is 0. The van der Waals surface area contributed by atoms with Crippen molar-refractivity contribution in [1.29, 1.82) is 0 Å². The Kier molecular flexibility index (Phi) is 5.93. The predicted molar refractivity (Wildman–Crippen MR) is 62.2 cm³/mol. The minimum Gasteiger partial charge on any atom is -0.466 e. The fourth-order valence-electron chi connectivity index (χ4n) is 1.38. The van der Waals surface area contributed by atoms with Crippen molar-refractivity contribution in [2.75, 3.05) is 13.2 Å². The average molecular weight is 277 g/mol. The summed E-state index contributed by atoms with van der Waals surface area (Å²) in [7, 11) is 0. The first-order valence-corrected chi connectivity index (χ1v) is 5.85. The minimum atomic E-state index is 0.0369. The molecule has 0 aliphatic heterocycles. The maximum atomic E-state index is 5.48. The third kappa shape index (κ3) is 3.95. The summed E-state index contributed by atoms with van der Waals surface area (Å²) in [5, 5.41) is 0. The van der Waals surface area contributed by atoms with E-state index in [4.69, 9.17) is 15.0 Å². The second-order valence-electron chi connectivity index (χ2n) is 3.19. The van der Waals surface area contributed by atoms with Gasteiger partial charge in [0.25, 0.3) is 0 Å². The molecule has 86 valence electrons. The SMILES string of the molecule is CCOCCCC(NN)c1occc1Br. The second-order valence-corrected chi connectivity index (χ2v) is 4.05. The van der Waals surface area contributed by atoms with Crippen molar-refractivity contribution in [3.05, 3.63) is 22.6 Å². The zero-order valence-electron chi connectivity index (χ0n) is 8.83. The van der Waals surface area contributed by atoms with Crippen LogP contribution in [0.5, 0.6) is 0 Å². The number of nitrogens with one attached hydrogen (secondary N) is 1. The number of ether oxygens (including phenoxy) is 1. The van der Waals surface area contributed by atoms with Gasteiger partial charge in [-0.15, -0.1) is 0 Å². The fourth-order valence-corrected chi connectivity index (χ4v) is 1.86. The van der Waals surface area contributed by atoms with Crippen molar-refractivity contribution in [2.24, 2.45) is 5.84 Å². The van der Waals surface area contributed by atoms with Crippen LogP contribution in [0, 0.1) is 0 Å². The van der Waals surface area contributed by atoms with Gasteiger partial charge in [0.2, 0.25) is 0 Å². The van der Waals surface area contributed by atoms with Crippen molar-refractivity contribution < 1.29 is 9.15 Å². The van der Waals surface area contributed by atoms with E-state index in [2.05, 4.69) is 21.4 Å². The number of nitrogens with two attached hydrogens (primary N) is 1. The predicted octanol–water partition coefficient (Wildman–Crippen LogP) is 2.36. The highest BCUT2D eigenvalue weighted by molar-refractivity contribution is 9.10. The van der Waals surface area contributed by atoms with Gasteiger partial charge < -0.3 is 9.15 Å². The van der Waals surface area contributed by atoms with Crippen LogP contribution in [0.15, 0.2) is 21.2 Å². The molecule has 0 bridgehead atoms. The summed E-state index contributed by atoms with van der Waals surface area (Å²) < 4.78 is 11.6. The highest BCUT2D eigenvalue weighted by Gasteiger charge is 2.15. The molecule has 1 rings (SSSR count). The molecule has 0 aliphatic carbocycles. The van der Waals surface area contributed by atoms with E-state index in [0.717, 1.165) is 36.3 Å². The molecule has 0 radical (unpaired) electrons. The smallest absolute Gasteiger partial charge is 0.136 e. The molecule has 1 atom stereocenters. The molecule has 0 spiro atoms. The largest absolute Gasteiger partial charge is 0.466 e. The van der Waals surface area contributed by atoms with Crippen molar-refractivity contribution in [1.82, 2.24) is 5.43 Å². The normalized spacial score (nSPS) is 13.0. The topological polar surface area (TPSA) is 60.4 Å². The van der Waals surface area contributed by atoms with Crippen molar-refractivity contribution >= 4 is 15.9 Å². The Labute approximate surface area is 98.3 Å². The standard InChI is InChI=1S/C10H17BrN2O2/c1-2-14-6-3-4-9(13-12)10-8(11)5-7-15-10/h5,7,9,13H,2-4,6,12H2,1H3. The van der Waals surface area contributed by atoms with E-state index < -0.39 is 0 Å². The summed E-state index contributed by atoms with van der Waals surface area (Å²) in [6.45, 7) is 3.50. The van der Waals surface area contributed by atoms with Gasteiger partial charge in [0.15, 0.2) is 0 Å². The molecule has 0 fully saturated rings. The summed E-state index contributed by atoms with van der Waals surface area (Å²) in [5.74, 6) is 6.32. The van der Waals surface area contributed by atoms with E-state index in [1.54, 1.807) is 6.26 Å². The Balaban J connectivity index is 2.39. The molecule has 1 aromatic heterocycles. The number of rotatable bonds is 7. The molecule has 0 amide bonds. The summed E-state index contributed by atoms with van der Waals surface area (Å²) >= 11 is 3.41. The van der Waals surface area contributed by atoms with Crippen LogP contribution in [0.3, 0.4) is 0 Å². The first-order valence-electron chi connectivity index (χ1n) is 5.06. The van der Waals surface area contributed by atoms with Crippen LogP contribution in [0.4, 0.5) is 0 Å². The molecule has 1 heterocycles. The number of hydrazine groups is 1. The van der Waals surface area contributed by atoms with Gasteiger partial charge in [-0.25, -0.2) is 5.43 Å². The van der Waals surface area contributed by atoms with Crippen molar-refractivity contribution in [2.45, 2.75) is 25.8 Å². The molecule has 0 aliphatic rings. The molecule has 0 saturated carbocycles. The van der Waals surface area contributed by atoms with Crippen LogP contribution in [0.2, 0.25) is 0 Å². The Morgan fingerprint density at radius 1 is 1.67 bits per heavy atom. The lowest BCUT2D eigenvalue weighted by Crippen LogP contribution is -2.28. The maximum Gasteiger partial charge on any atom is 0.136 e. The molecule has 0 aromatic carbocycles. The third-order valence-electron chi connectivity index (χ3n) is 2.15. The van der Waals surface area contributed by atoms with Gasteiger partial charge in [-0.05, 0) is 41.8 Å². The van der Waals surface area contributed by atoms with Gasteiger partial charge in [-0.1, -0.05) is 0 Å². The van der Waals surface area contributed by atoms with Crippen LogP contribution >= 0.6 is 15.9 Å². The van der Waals surface area contributed by atoms with Gasteiger partial charge in [0.05, 0.1) is 16.8 Å². The molecule has 5 heteroatoms. The van der Waals surface area contributed by atoms with E-state index in [1.807, 2.05) is 13.0 Å². The van der Waals surface area contributed by atoms with Gasteiger partial charge >= 0.3 is 0 Å². The van der Waals surface area contributed by atoms with E-state index in [-0.39, 0.29) is 6.04 Å². The number of furan rings is 1. The lowest BCUT2D eigenvalue weighted by atomic mass is 10.1. The van der Waals surface area contributed by atoms with Crippen LogP contribution in [0.25, 0.3) is 0 Å². The van der Waals surface area contributed by atoms with E-state index in [9.17, 15) is 0 Å². The molecule has 15 heavy (non-hydrogen) atoms. The molecular weight excluding hydrogens is 260 g/mol. The van der Waals surface area contributed by atoms with Crippen molar-refractivity contribution in [3.8, 4) is 0 Å². The highest BCUT2D eigenvalue weighted by atomic mass is 79.9. The summed E-state index contributed by atoms with van der Waals surface area (Å²) in [6.07, 6.45) is 3.49. The first kappa shape index (κ1) is 12.7. The lowest BCUT2D eigenvalue weighted by molar-refractivity contribution is 0.140. The average Bonchev–Trinajstić information content (AvgIpc) is 2.65. The Bertz CT molecular complexity index is 278. The summed E-state index contributed by atoms with van der Waals surface area (Å²) in [6, 6.07) is 1.90. The summed E-state index contributed by atoms with van der Waals surface area (Å²) in [5.41, 5.74) is 2.74. The van der Waals surface area contributed by atoms with Gasteiger partial charge in [-0.3, -0.25) is 5.84 Å². The van der Waals surface area contributed by atoms with Crippen LogP contribution < -0.4 is 11.3 Å². The highest BCUT2D eigenvalue weighted by Crippen LogP contribution is 2.26. The molecule has 0 saturated heterocycles. The Morgan fingerprint density at radius 2 is 2.47 bits per heavy atom. The third-order valence-corrected chi connectivity index (χ3v) is 2.80. The Morgan fingerprint density at radius 3 is 3.00 bits per heavy atom. The minimum absolute atomic E-state index is 0.0369.